The van der Waals surface area contributed by atoms with E-state index in [4.69, 9.17) is 5.11 Å². The quantitative estimate of drug-likeness (QED) is 0.768. The minimum absolute atomic E-state index is 0.118. The molecule has 0 fully saturated rings. The van der Waals surface area contributed by atoms with Gasteiger partial charge >= 0.3 is 0 Å². The number of aryl methyl sites for hydroxylation is 1. The van der Waals surface area contributed by atoms with Crippen molar-refractivity contribution in [2.75, 3.05) is 4.72 Å². The molecule has 2 N–H and O–H groups in total. The van der Waals surface area contributed by atoms with E-state index in [-0.39, 0.29) is 11.5 Å². The fourth-order valence-electron chi connectivity index (χ4n) is 1.76. The van der Waals surface area contributed by atoms with Crippen LogP contribution in [0.3, 0.4) is 0 Å². The van der Waals surface area contributed by atoms with Gasteiger partial charge in [-0.3, -0.25) is 4.72 Å². The Hall–Kier alpha value is -0.890. The highest BCUT2D eigenvalue weighted by Crippen LogP contribution is 2.29. The first-order valence-corrected chi connectivity index (χ1v) is 9.08. The number of hydrogen-bond acceptors (Lipinski definition) is 3. The monoisotopic (exact) mass is 433 g/mol. The lowest BCUT2D eigenvalue weighted by atomic mass is 10.2. The first-order valence-electron chi connectivity index (χ1n) is 6.02. The largest absolute Gasteiger partial charge is 0.392 e. The minimum atomic E-state index is -3.71. The summed E-state index contributed by atoms with van der Waals surface area (Å²) in [5, 5.41) is 9.06. The van der Waals surface area contributed by atoms with Crippen LogP contribution in [0.5, 0.6) is 0 Å². The van der Waals surface area contributed by atoms with E-state index in [0.29, 0.717) is 20.2 Å². The van der Waals surface area contributed by atoms with Crippen molar-refractivity contribution in [2.45, 2.75) is 18.4 Å². The molecule has 0 unspecified atom stereocenters. The number of aliphatic hydroxyl groups excluding tert-OH is 1. The number of sulfonamides is 1. The molecule has 2 aromatic carbocycles. The van der Waals surface area contributed by atoms with Crippen LogP contribution < -0.4 is 4.72 Å². The summed E-state index contributed by atoms with van der Waals surface area (Å²) in [6.45, 7) is 1.78. The molecule has 0 atom stereocenters. The third kappa shape index (κ3) is 3.85. The zero-order chi connectivity index (χ0) is 15.6. The summed E-state index contributed by atoms with van der Waals surface area (Å²) in [7, 11) is -3.71. The molecule has 0 aromatic heterocycles. The Morgan fingerprint density at radius 1 is 1.10 bits per heavy atom. The summed E-state index contributed by atoms with van der Waals surface area (Å²) >= 11 is 6.57. The SMILES string of the molecule is Cc1ccc(NS(=O)(=O)c2ccc(CO)cc2Br)c(Br)c1. The normalized spacial score (nSPS) is 11.4. The predicted molar refractivity (Wildman–Crippen MR) is 89.8 cm³/mol. The van der Waals surface area contributed by atoms with Gasteiger partial charge in [-0.25, -0.2) is 8.42 Å². The van der Waals surface area contributed by atoms with Crippen LogP contribution in [0.15, 0.2) is 50.2 Å². The molecule has 21 heavy (non-hydrogen) atoms. The molecule has 0 spiro atoms. The molecule has 0 heterocycles. The van der Waals surface area contributed by atoms with E-state index >= 15 is 0 Å². The van der Waals surface area contributed by atoms with Gasteiger partial charge in [0.15, 0.2) is 0 Å². The van der Waals surface area contributed by atoms with Crippen LogP contribution in [0.4, 0.5) is 5.69 Å². The predicted octanol–water partition coefficient (Wildman–Crippen LogP) is 3.81. The Bertz CT molecular complexity index is 776. The van der Waals surface area contributed by atoms with Gasteiger partial charge in [0.2, 0.25) is 0 Å². The summed E-state index contributed by atoms with van der Waals surface area (Å²) < 4.78 is 28.5. The number of hydrogen-bond donors (Lipinski definition) is 2. The van der Waals surface area contributed by atoms with Crippen molar-refractivity contribution in [1.29, 1.82) is 0 Å². The van der Waals surface area contributed by atoms with Crippen LogP contribution in [0, 0.1) is 6.92 Å². The third-order valence-corrected chi connectivity index (χ3v) is 5.84. The van der Waals surface area contributed by atoms with Crippen molar-refractivity contribution in [3.63, 3.8) is 0 Å². The lowest BCUT2D eigenvalue weighted by Gasteiger charge is -2.12. The van der Waals surface area contributed by atoms with E-state index < -0.39 is 10.0 Å². The van der Waals surface area contributed by atoms with Crippen LogP contribution in [0.2, 0.25) is 0 Å². The Labute approximate surface area is 140 Å². The fourth-order valence-corrected chi connectivity index (χ4v) is 4.69. The summed E-state index contributed by atoms with van der Waals surface area (Å²) in [4.78, 5) is 0.118. The number of aliphatic hydroxyl groups is 1. The van der Waals surface area contributed by atoms with E-state index in [0.717, 1.165) is 5.56 Å². The second-order valence-corrected chi connectivity index (χ2v) is 7.87. The smallest absolute Gasteiger partial charge is 0.263 e. The van der Waals surface area contributed by atoms with Gasteiger partial charge in [0.25, 0.3) is 10.0 Å². The van der Waals surface area contributed by atoms with Gasteiger partial charge in [-0.15, -0.1) is 0 Å². The number of benzene rings is 2. The zero-order valence-electron chi connectivity index (χ0n) is 11.1. The van der Waals surface area contributed by atoms with Crippen molar-refractivity contribution in [1.82, 2.24) is 0 Å². The van der Waals surface area contributed by atoms with Crippen molar-refractivity contribution in [2.24, 2.45) is 0 Å². The Balaban J connectivity index is 2.38. The second-order valence-electron chi connectivity index (χ2n) is 4.51. The Kier molecular flexibility index (Phi) is 5.08. The molecule has 0 amide bonds. The highest BCUT2D eigenvalue weighted by Gasteiger charge is 2.19. The van der Waals surface area contributed by atoms with Crippen LogP contribution >= 0.6 is 31.9 Å². The van der Waals surface area contributed by atoms with E-state index in [1.165, 1.54) is 6.07 Å². The van der Waals surface area contributed by atoms with Crippen molar-refractivity contribution in [3.05, 3.63) is 56.5 Å². The van der Waals surface area contributed by atoms with Gasteiger partial charge in [-0.05, 0) is 74.2 Å². The lowest BCUT2D eigenvalue weighted by molar-refractivity contribution is 0.281. The molecule has 0 aliphatic rings. The summed E-state index contributed by atoms with van der Waals surface area (Å²) in [6, 6.07) is 9.98. The molecule has 112 valence electrons. The molecular weight excluding hydrogens is 422 g/mol. The number of rotatable bonds is 4. The topological polar surface area (TPSA) is 66.4 Å². The lowest BCUT2D eigenvalue weighted by Crippen LogP contribution is -2.14. The van der Waals surface area contributed by atoms with Gasteiger partial charge in [0.05, 0.1) is 12.3 Å². The van der Waals surface area contributed by atoms with E-state index in [1.807, 2.05) is 19.1 Å². The number of halogens is 2. The van der Waals surface area contributed by atoms with Gasteiger partial charge < -0.3 is 5.11 Å². The van der Waals surface area contributed by atoms with Crippen molar-refractivity contribution in [3.8, 4) is 0 Å². The van der Waals surface area contributed by atoms with Gasteiger partial charge in [0, 0.05) is 8.95 Å². The molecule has 7 heteroatoms. The molecule has 4 nitrogen and oxygen atoms in total. The van der Waals surface area contributed by atoms with Crippen LogP contribution in [-0.4, -0.2) is 13.5 Å². The molecule has 2 aromatic rings. The molecule has 0 aliphatic heterocycles. The molecule has 2 rings (SSSR count). The van der Waals surface area contributed by atoms with Gasteiger partial charge in [-0.1, -0.05) is 12.1 Å². The molecule has 0 bridgehead atoms. The second kappa shape index (κ2) is 6.48. The number of nitrogens with one attached hydrogen (secondary N) is 1. The molecule has 0 radical (unpaired) electrons. The Morgan fingerprint density at radius 2 is 1.81 bits per heavy atom. The third-order valence-electron chi connectivity index (χ3n) is 2.84. The maximum absolute atomic E-state index is 12.4. The maximum atomic E-state index is 12.4. The molecule has 0 saturated heterocycles. The summed E-state index contributed by atoms with van der Waals surface area (Å²) in [5.74, 6) is 0. The zero-order valence-corrected chi connectivity index (χ0v) is 15.1. The van der Waals surface area contributed by atoms with Crippen molar-refractivity contribution >= 4 is 47.6 Å². The standard InChI is InChI=1S/C14H13Br2NO3S/c1-9-2-4-13(11(15)6-9)17-21(19,20)14-5-3-10(8-18)7-12(14)16/h2-7,17-18H,8H2,1H3. The Morgan fingerprint density at radius 3 is 2.38 bits per heavy atom. The average Bonchev–Trinajstić information content (AvgIpc) is 2.41. The van der Waals surface area contributed by atoms with Crippen LogP contribution in [-0.2, 0) is 16.6 Å². The van der Waals surface area contributed by atoms with Gasteiger partial charge in [0.1, 0.15) is 4.90 Å². The van der Waals surface area contributed by atoms with Gasteiger partial charge in [-0.2, -0.15) is 0 Å². The molecule has 0 aliphatic carbocycles. The van der Waals surface area contributed by atoms with E-state index in [2.05, 4.69) is 36.6 Å². The maximum Gasteiger partial charge on any atom is 0.263 e. The first-order chi connectivity index (χ1) is 9.83. The molecular formula is C14H13Br2NO3S. The van der Waals surface area contributed by atoms with Crippen LogP contribution in [0.25, 0.3) is 0 Å². The van der Waals surface area contributed by atoms with E-state index in [1.54, 1.807) is 18.2 Å². The van der Waals surface area contributed by atoms with Crippen molar-refractivity contribution < 1.29 is 13.5 Å². The number of anilines is 1. The first kappa shape index (κ1) is 16.5. The summed E-state index contributed by atoms with van der Waals surface area (Å²) in [6.07, 6.45) is 0. The van der Waals surface area contributed by atoms with Crippen LogP contribution in [0.1, 0.15) is 11.1 Å². The fraction of sp³-hybridized carbons (Fsp3) is 0.143. The molecule has 0 saturated carbocycles. The highest BCUT2D eigenvalue weighted by molar-refractivity contribution is 9.11. The van der Waals surface area contributed by atoms with E-state index in [9.17, 15) is 8.42 Å². The minimum Gasteiger partial charge on any atom is -0.392 e. The highest BCUT2D eigenvalue weighted by atomic mass is 79.9. The summed E-state index contributed by atoms with van der Waals surface area (Å²) in [5.41, 5.74) is 2.13. The average molecular weight is 435 g/mol.